The largest absolute Gasteiger partial charge is 0.480 e. The number of halogens is 1. The van der Waals surface area contributed by atoms with Gasteiger partial charge in [-0.3, -0.25) is 14.6 Å². The summed E-state index contributed by atoms with van der Waals surface area (Å²) in [6, 6.07) is 6.77. The molecule has 6 heteroatoms. The zero-order valence-corrected chi connectivity index (χ0v) is 12.0. The molecule has 1 heterocycles. The maximum atomic E-state index is 12.3. The summed E-state index contributed by atoms with van der Waals surface area (Å²) in [7, 11) is 0. The predicted molar refractivity (Wildman–Crippen MR) is 76.3 cm³/mol. The van der Waals surface area contributed by atoms with E-state index in [0.29, 0.717) is 10.6 Å². The van der Waals surface area contributed by atoms with Crippen molar-refractivity contribution < 1.29 is 14.7 Å². The second kappa shape index (κ2) is 5.25. The van der Waals surface area contributed by atoms with Crippen LogP contribution in [-0.4, -0.2) is 46.2 Å². The van der Waals surface area contributed by atoms with Crippen LogP contribution in [0.5, 0.6) is 0 Å². The Morgan fingerprint density at radius 1 is 1.40 bits per heavy atom. The van der Waals surface area contributed by atoms with Crippen LogP contribution in [0.1, 0.15) is 19.4 Å². The van der Waals surface area contributed by atoms with Crippen molar-refractivity contribution >= 4 is 29.2 Å². The molecule has 1 N–H and O–H groups in total. The topological polar surface area (TPSA) is 70.0 Å². The lowest BCUT2D eigenvalue weighted by Crippen LogP contribution is -2.51. The van der Waals surface area contributed by atoms with Crippen molar-refractivity contribution in [1.82, 2.24) is 4.90 Å². The maximum absolute atomic E-state index is 12.3. The predicted octanol–water partition coefficient (Wildman–Crippen LogP) is 1.83. The molecule has 1 aliphatic rings. The van der Waals surface area contributed by atoms with Crippen molar-refractivity contribution in [2.24, 2.45) is 4.99 Å². The number of carbonyl (C=O) groups excluding carboxylic acids is 1. The molecule has 1 aliphatic heterocycles. The van der Waals surface area contributed by atoms with Crippen LogP contribution in [0.2, 0.25) is 5.02 Å². The van der Waals surface area contributed by atoms with Crippen molar-refractivity contribution in [3.05, 3.63) is 34.9 Å². The third-order valence-corrected chi connectivity index (χ3v) is 3.18. The van der Waals surface area contributed by atoms with E-state index < -0.39 is 11.5 Å². The first-order chi connectivity index (χ1) is 9.28. The minimum absolute atomic E-state index is 0.277. The summed E-state index contributed by atoms with van der Waals surface area (Å²) in [4.78, 5) is 28.9. The Bertz CT molecular complexity index is 579. The van der Waals surface area contributed by atoms with Gasteiger partial charge >= 0.3 is 5.97 Å². The Morgan fingerprint density at radius 2 is 2.00 bits per heavy atom. The highest BCUT2D eigenvalue weighted by Crippen LogP contribution is 2.21. The van der Waals surface area contributed by atoms with E-state index in [-0.39, 0.29) is 24.7 Å². The van der Waals surface area contributed by atoms with Gasteiger partial charge in [-0.1, -0.05) is 23.7 Å². The lowest BCUT2D eigenvalue weighted by atomic mass is 9.98. The van der Waals surface area contributed by atoms with Gasteiger partial charge in [0.05, 0.1) is 5.54 Å². The highest BCUT2D eigenvalue weighted by Gasteiger charge is 2.34. The first-order valence-corrected chi connectivity index (χ1v) is 6.53. The van der Waals surface area contributed by atoms with Crippen LogP contribution < -0.4 is 0 Å². The lowest BCUT2D eigenvalue weighted by Gasteiger charge is -2.34. The van der Waals surface area contributed by atoms with E-state index in [4.69, 9.17) is 16.7 Å². The average molecular weight is 295 g/mol. The first kappa shape index (κ1) is 14.5. The summed E-state index contributed by atoms with van der Waals surface area (Å²) in [6.45, 7) is 3.69. The molecule has 2 rings (SSSR count). The third kappa shape index (κ3) is 3.17. The SMILES string of the molecule is CC1(C)CN(CC(=O)O)C(=O)C(c2ccc(Cl)cc2)=N1. The fourth-order valence-electron chi connectivity index (χ4n) is 2.16. The summed E-state index contributed by atoms with van der Waals surface area (Å²) in [5.41, 5.74) is 0.403. The molecule has 1 aromatic rings. The van der Waals surface area contributed by atoms with Crippen molar-refractivity contribution in [2.75, 3.05) is 13.1 Å². The Balaban J connectivity index is 2.39. The number of rotatable bonds is 3. The summed E-state index contributed by atoms with van der Waals surface area (Å²) >= 11 is 5.83. The highest BCUT2D eigenvalue weighted by molar-refractivity contribution is 6.46. The molecular weight excluding hydrogens is 280 g/mol. The molecule has 0 unspecified atom stereocenters. The van der Waals surface area contributed by atoms with Crippen LogP contribution in [0.25, 0.3) is 0 Å². The molecule has 0 aromatic heterocycles. The summed E-state index contributed by atoms with van der Waals surface area (Å²) in [6.07, 6.45) is 0. The van der Waals surface area contributed by atoms with Crippen LogP contribution in [0.15, 0.2) is 29.3 Å². The first-order valence-electron chi connectivity index (χ1n) is 6.15. The van der Waals surface area contributed by atoms with Gasteiger partial charge in [0.2, 0.25) is 0 Å². The highest BCUT2D eigenvalue weighted by atomic mass is 35.5. The van der Waals surface area contributed by atoms with E-state index in [9.17, 15) is 9.59 Å². The molecule has 5 nitrogen and oxygen atoms in total. The van der Waals surface area contributed by atoms with E-state index in [1.54, 1.807) is 24.3 Å². The van der Waals surface area contributed by atoms with Crippen LogP contribution in [0, 0.1) is 0 Å². The number of carbonyl (C=O) groups is 2. The summed E-state index contributed by atoms with van der Waals surface area (Å²) in [5.74, 6) is -1.40. The number of hydrogen-bond donors (Lipinski definition) is 1. The number of carboxylic acids is 1. The molecule has 0 spiro atoms. The minimum atomic E-state index is -1.04. The Morgan fingerprint density at radius 3 is 2.55 bits per heavy atom. The number of benzene rings is 1. The maximum Gasteiger partial charge on any atom is 0.323 e. The molecular formula is C14H15ClN2O3. The van der Waals surface area contributed by atoms with Gasteiger partial charge in [0.25, 0.3) is 5.91 Å². The van der Waals surface area contributed by atoms with Crippen LogP contribution >= 0.6 is 11.6 Å². The molecule has 0 radical (unpaired) electrons. The fraction of sp³-hybridized carbons (Fsp3) is 0.357. The van der Waals surface area contributed by atoms with Crippen molar-refractivity contribution in [3.63, 3.8) is 0 Å². The second-order valence-electron chi connectivity index (χ2n) is 5.33. The zero-order valence-electron chi connectivity index (χ0n) is 11.3. The van der Waals surface area contributed by atoms with E-state index in [1.165, 1.54) is 4.90 Å². The molecule has 106 valence electrons. The van der Waals surface area contributed by atoms with E-state index in [2.05, 4.69) is 4.99 Å². The number of aliphatic imine (C=N–C) groups is 1. The molecule has 1 amide bonds. The molecule has 0 atom stereocenters. The van der Waals surface area contributed by atoms with E-state index in [0.717, 1.165) is 0 Å². The van der Waals surface area contributed by atoms with Gasteiger partial charge in [-0.05, 0) is 26.0 Å². The van der Waals surface area contributed by atoms with Gasteiger partial charge in [0.15, 0.2) is 0 Å². The van der Waals surface area contributed by atoms with E-state index in [1.807, 2.05) is 13.8 Å². The number of hydrogen-bond acceptors (Lipinski definition) is 3. The molecule has 0 saturated carbocycles. The van der Waals surface area contributed by atoms with Gasteiger partial charge in [0.1, 0.15) is 12.3 Å². The van der Waals surface area contributed by atoms with Crippen LogP contribution in [-0.2, 0) is 9.59 Å². The Kier molecular flexibility index (Phi) is 3.81. The van der Waals surface area contributed by atoms with Gasteiger partial charge < -0.3 is 10.0 Å². The Labute approximate surface area is 121 Å². The number of nitrogens with zero attached hydrogens (tertiary/aromatic N) is 2. The number of carboxylic acid groups (broad SMARTS) is 1. The van der Waals surface area contributed by atoms with Gasteiger partial charge in [-0.25, -0.2) is 0 Å². The number of aliphatic carboxylic acids is 1. The molecule has 0 bridgehead atoms. The third-order valence-electron chi connectivity index (χ3n) is 2.93. The van der Waals surface area contributed by atoms with Crippen molar-refractivity contribution in [3.8, 4) is 0 Å². The normalized spacial score (nSPS) is 17.9. The fourth-order valence-corrected chi connectivity index (χ4v) is 2.29. The van der Waals surface area contributed by atoms with Crippen LogP contribution in [0.3, 0.4) is 0 Å². The van der Waals surface area contributed by atoms with Crippen molar-refractivity contribution in [1.29, 1.82) is 0 Å². The summed E-state index contributed by atoms with van der Waals surface area (Å²) < 4.78 is 0. The molecule has 0 fully saturated rings. The van der Waals surface area contributed by atoms with Crippen LogP contribution in [0.4, 0.5) is 0 Å². The van der Waals surface area contributed by atoms with Crippen molar-refractivity contribution in [2.45, 2.75) is 19.4 Å². The van der Waals surface area contributed by atoms with Gasteiger partial charge in [-0.2, -0.15) is 0 Å². The number of amides is 1. The van der Waals surface area contributed by atoms with E-state index >= 15 is 0 Å². The Hall–Kier alpha value is -1.88. The molecule has 0 saturated heterocycles. The molecule has 1 aromatic carbocycles. The zero-order chi connectivity index (χ0) is 14.9. The molecule has 20 heavy (non-hydrogen) atoms. The lowest BCUT2D eigenvalue weighted by molar-refractivity contribution is -0.142. The quantitative estimate of drug-likeness (QED) is 0.924. The molecule has 0 aliphatic carbocycles. The monoisotopic (exact) mass is 294 g/mol. The van der Waals surface area contributed by atoms with Gasteiger partial charge in [0, 0.05) is 17.1 Å². The standard InChI is InChI=1S/C14H15ClN2O3/c1-14(2)8-17(7-11(18)19)13(20)12(16-14)9-3-5-10(15)6-4-9/h3-6H,7-8H2,1-2H3,(H,18,19). The smallest absolute Gasteiger partial charge is 0.323 e. The van der Waals surface area contributed by atoms with Gasteiger partial charge in [-0.15, -0.1) is 0 Å². The summed E-state index contributed by atoms with van der Waals surface area (Å²) in [5, 5.41) is 9.46. The average Bonchev–Trinajstić information content (AvgIpc) is 2.33. The minimum Gasteiger partial charge on any atom is -0.480 e. The second-order valence-corrected chi connectivity index (χ2v) is 5.77.